The van der Waals surface area contributed by atoms with Crippen molar-refractivity contribution < 1.29 is 80.2 Å². The van der Waals surface area contributed by atoms with E-state index in [2.05, 4.69) is 34.6 Å². The molecule has 3 N–H and O–H groups in total. The minimum atomic E-state index is -4.96. The van der Waals surface area contributed by atoms with Gasteiger partial charge in [-0.15, -0.1) is 0 Å². The summed E-state index contributed by atoms with van der Waals surface area (Å²) in [6.45, 7) is 7.36. The monoisotopic (exact) mass is 1450 g/mol. The molecule has 0 fully saturated rings. The predicted octanol–water partition coefficient (Wildman–Crippen LogP) is 24.0. The number of aliphatic hydroxyl groups excluding tert-OH is 1. The van der Waals surface area contributed by atoms with E-state index < -0.39 is 97.5 Å². The molecule has 0 radical (unpaired) electrons. The van der Waals surface area contributed by atoms with Crippen LogP contribution in [0.25, 0.3) is 0 Å². The van der Waals surface area contributed by atoms with Crippen LogP contribution in [0.5, 0.6) is 0 Å². The number of aliphatic hydroxyl groups is 1. The summed E-state index contributed by atoms with van der Waals surface area (Å²) < 4.78 is 68.6. The third kappa shape index (κ3) is 72.8. The Labute approximate surface area is 607 Å². The average Bonchev–Trinajstić information content (AvgIpc) is 1.52. The lowest BCUT2D eigenvalue weighted by Gasteiger charge is -2.21. The zero-order valence-electron chi connectivity index (χ0n) is 64.6. The van der Waals surface area contributed by atoms with Crippen molar-refractivity contribution in [2.45, 2.75) is 445 Å². The fourth-order valence-electron chi connectivity index (χ4n) is 12.4. The van der Waals surface area contributed by atoms with Gasteiger partial charge in [0.25, 0.3) is 0 Å². The molecule has 3 unspecified atom stereocenters. The molecule has 0 aromatic carbocycles. The number of phosphoric ester groups is 2. The highest BCUT2D eigenvalue weighted by Crippen LogP contribution is 2.45. The Kier molecular flexibility index (Phi) is 71.6. The van der Waals surface area contributed by atoms with Crippen LogP contribution in [0.3, 0.4) is 0 Å². The topological polar surface area (TPSA) is 237 Å². The number of phosphoric acid groups is 2. The zero-order valence-corrected chi connectivity index (χ0v) is 66.4. The molecule has 588 valence electrons. The molecular weight excluding hydrogens is 1290 g/mol. The summed E-state index contributed by atoms with van der Waals surface area (Å²) in [5.41, 5.74) is 0. The Morgan fingerprint density at radius 3 is 0.717 bits per heavy atom. The second-order valence-corrected chi connectivity index (χ2v) is 32.0. The summed E-state index contributed by atoms with van der Waals surface area (Å²) in [6, 6.07) is 0. The first-order valence-corrected chi connectivity index (χ1v) is 44.7. The van der Waals surface area contributed by atoms with E-state index in [4.69, 9.17) is 37.0 Å². The lowest BCUT2D eigenvalue weighted by molar-refractivity contribution is -0.161. The Morgan fingerprint density at radius 1 is 0.283 bits per heavy atom. The summed E-state index contributed by atoms with van der Waals surface area (Å²) in [7, 11) is -9.91. The molecule has 17 nitrogen and oxygen atoms in total. The number of esters is 4. The quantitative estimate of drug-likeness (QED) is 0.0222. The molecule has 99 heavy (non-hydrogen) atoms. The summed E-state index contributed by atoms with van der Waals surface area (Å²) in [5.74, 6) is -1.26. The lowest BCUT2D eigenvalue weighted by Crippen LogP contribution is -2.30. The fourth-order valence-corrected chi connectivity index (χ4v) is 14.0. The molecule has 19 heteroatoms. The third-order valence-electron chi connectivity index (χ3n) is 19.1. The van der Waals surface area contributed by atoms with Crippen molar-refractivity contribution in [1.29, 1.82) is 0 Å². The zero-order chi connectivity index (χ0) is 72.7. The van der Waals surface area contributed by atoms with Crippen LogP contribution >= 0.6 is 15.6 Å². The van der Waals surface area contributed by atoms with E-state index in [9.17, 15) is 43.2 Å². The van der Waals surface area contributed by atoms with Crippen LogP contribution in [0.2, 0.25) is 0 Å². The first-order chi connectivity index (χ1) is 48.1. The van der Waals surface area contributed by atoms with Crippen molar-refractivity contribution in [2.75, 3.05) is 39.6 Å². The number of unbranched alkanes of at least 4 members (excludes halogenated alkanes) is 51. The minimum Gasteiger partial charge on any atom is -0.462 e. The van der Waals surface area contributed by atoms with E-state index in [0.717, 1.165) is 102 Å². The Hall–Kier alpha value is -1.94. The molecule has 0 saturated carbocycles. The van der Waals surface area contributed by atoms with Crippen molar-refractivity contribution in [3.8, 4) is 0 Å². The molecule has 0 aromatic rings. The standard InChI is InChI=1S/C80H156O17P2/c1-6-10-13-16-19-22-24-26-28-29-30-32-36-40-44-49-54-59-64-78(83)91-70-76(97-80(85)66-61-56-51-46-42-38-34-33-35-39-43-47-52-57-62-73(5)9-4)72-95-99(88,89)93-68-74(81)67-92-98(86,87)94-71-75(69-90-77(82)63-58-53-48-21-18-15-12-8-3)96-79(84)65-60-55-50-45-41-37-31-27-25-23-20-17-14-11-7-2/h73-76,81H,6-72H2,1-5H3,(H,86,87)(H,88,89)/t73?,74-,75+,76+/m0/s1. The highest BCUT2D eigenvalue weighted by molar-refractivity contribution is 7.47. The first-order valence-electron chi connectivity index (χ1n) is 41.7. The smallest absolute Gasteiger partial charge is 0.462 e. The minimum absolute atomic E-state index is 0.108. The van der Waals surface area contributed by atoms with E-state index in [0.29, 0.717) is 25.7 Å². The van der Waals surface area contributed by atoms with Gasteiger partial charge in [0.15, 0.2) is 12.2 Å². The van der Waals surface area contributed by atoms with Gasteiger partial charge < -0.3 is 33.8 Å². The molecule has 0 spiro atoms. The van der Waals surface area contributed by atoms with E-state index in [-0.39, 0.29) is 25.7 Å². The van der Waals surface area contributed by atoms with Crippen LogP contribution in [0.4, 0.5) is 0 Å². The molecule has 0 aliphatic heterocycles. The second kappa shape index (κ2) is 73.0. The second-order valence-electron chi connectivity index (χ2n) is 29.1. The van der Waals surface area contributed by atoms with Crippen molar-refractivity contribution in [3.63, 3.8) is 0 Å². The highest BCUT2D eigenvalue weighted by atomic mass is 31.2. The van der Waals surface area contributed by atoms with Gasteiger partial charge in [-0.2, -0.15) is 0 Å². The third-order valence-corrected chi connectivity index (χ3v) is 21.0. The van der Waals surface area contributed by atoms with Crippen LogP contribution in [0, 0.1) is 5.92 Å². The number of carbonyl (C=O) groups excluding carboxylic acids is 4. The van der Waals surface area contributed by atoms with Gasteiger partial charge in [-0.05, 0) is 31.6 Å². The van der Waals surface area contributed by atoms with Crippen molar-refractivity contribution in [1.82, 2.24) is 0 Å². The molecule has 6 atom stereocenters. The van der Waals surface area contributed by atoms with E-state index in [1.54, 1.807) is 0 Å². The van der Waals surface area contributed by atoms with Gasteiger partial charge in [-0.3, -0.25) is 37.3 Å². The Balaban J connectivity index is 5.21. The number of ether oxygens (including phenoxy) is 4. The Morgan fingerprint density at radius 2 is 0.485 bits per heavy atom. The van der Waals surface area contributed by atoms with Gasteiger partial charge in [-0.25, -0.2) is 9.13 Å². The van der Waals surface area contributed by atoms with Gasteiger partial charge in [-0.1, -0.05) is 375 Å². The number of hydrogen-bond acceptors (Lipinski definition) is 15. The molecule has 0 saturated heterocycles. The summed E-state index contributed by atoms with van der Waals surface area (Å²) in [4.78, 5) is 72.9. The maximum atomic E-state index is 13.1. The van der Waals surface area contributed by atoms with Gasteiger partial charge >= 0.3 is 39.5 Å². The van der Waals surface area contributed by atoms with Gasteiger partial charge in [0, 0.05) is 25.7 Å². The van der Waals surface area contributed by atoms with Crippen LogP contribution < -0.4 is 0 Å². The summed E-state index contributed by atoms with van der Waals surface area (Å²) >= 11 is 0. The number of hydrogen-bond donors (Lipinski definition) is 3. The first kappa shape index (κ1) is 97.1. The van der Waals surface area contributed by atoms with Crippen molar-refractivity contribution >= 4 is 39.5 Å². The molecule has 0 aromatic heterocycles. The van der Waals surface area contributed by atoms with Gasteiger partial charge in [0.1, 0.15) is 19.3 Å². The maximum absolute atomic E-state index is 13.1. The highest BCUT2D eigenvalue weighted by Gasteiger charge is 2.30. The SMILES string of the molecule is CCCCCCCCCCCCCCCCCCCCC(=O)OC[C@H](COP(=O)(O)OC[C@@H](O)COP(=O)(O)OC[C@@H](COC(=O)CCCCCCCCCC)OC(=O)CCCCCCCCCCCCCCCCC)OC(=O)CCCCCCCCCCCCCCCCC(C)CC. The van der Waals surface area contributed by atoms with E-state index in [1.807, 2.05) is 0 Å². The molecule has 0 aliphatic carbocycles. The van der Waals surface area contributed by atoms with Crippen LogP contribution in [-0.2, 0) is 65.4 Å². The molecule has 0 aliphatic rings. The fraction of sp³-hybridized carbons (Fsp3) is 0.950. The van der Waals surface area contributed by atoms with Gasteiger partial charge in [0.05, 0.1) is 26.4 Å². The number of rotatable bonds is 80. The van der Waals surface area contributed by atoms with E-state index >= 15 is 0 Å². The summed E-state index contributed by atoms with van der Waals surface area (Å²) in [6.07, 6.45) is 63.8. The molecule has 0 bridgehead atoms. The molecule has 0 amide bonds. The average molecular weight is 1450 g/mol. The summed E-state index contributed by atoms with van der Waals surface area (Å²) in [5, 5.41) is 10.6. The van der Waals surface area contributed by atoms with Crippen molar-refractivity contribution in [3.05, 3.63) is 0 Å². The lowest BCUT2D eigenvalue weighted by atomic mass is 9.99. The van der Waals surface area contributed by atoms with Gasteiger partial charge in [0.2, 0.25) is 0 Å². The number of carbonyl (C=O) groups is 4. The van der Waals surface area contributed by atoms with Crippen LogP contribution in [0.15, 0.2) is 0 Å². The van der Waals surface area contributed by atoms with E-state index in [1.165, 1.54) is 244 Å². The Bertz CT molecular complexity index is 1890. The van der Waals surface area contributed by atoms with Crippen molar-refractivity contribution in [2.24, 2.45) is 5.92 Å². The normalized spacial score (nSPS) is 14.1. The predicted molar refractivity (Wildman–Crippen MR) is 405 cm³/mol. The van der Waals surface area contributed by atoms with Crippen LogP contribution in [-0.4, -0.2) is 96.7 Å². The van der Waals surface area contributed by atoms with Crippen LogP contribution in [0.1, 0.15) is 426 Å². The maximum Gasteiger partial charge on any atom is 0.472 e. The molecular formula is C80H156O17P2. The molecule has 0 heterocycles. The largest absolute Gasteiger partial charge is 0.472 e. The molecule has 0 rings (SSSR count).